The van der Waals surface area contributed by atoms with Gasteiger partial charge in [-0.2, -0.15) is 0 Å². The normalized spacial score (nSPS) is 14.5. The van der Waals surface area contributed by atoms with Crippen molar-refractivity contribution in [2.45, 2.75) is 38.0 Å². The third-order valence-corrected chi connectivity index (χ3v) is 2.80. The van der Waals surface area contributed by atoms with Crippen molar-refractivity contribution in [3.05, 3.63) is 22.6 Å². The SMILES string of the molecule is CC(Cl)CC(C)(C)c1occc1Br. The Morgan fingerprint density at radius 1 is 1.62 bits per heavy atom. The molecule has 0 spiro atoms. The van der Waals surface area contributed by atoms with Crippen molar-refractivity contribution in [1.82, 2.24) is 0 Å². The molecule has 1 heterocycles. The van der Waals surface area contributed by atoms with Crippen LogP contribution in [0.1, 0.15) is 33.0 Å². The Labute approximate surface area is 92.6 Å². The molecular formula is C10H14BrClO. The quantitative estimate of drug-likeness (QED) is 0.741. The van der Waals surface area contributed by atoms with Crippen molar-refractivity contribution in [1.29, 1.82) is 0 Å². The van der Waals surface area contributed by atoms with Gasteiger partial charge in [-0.15, -0.1) is 11.6 Å². The topological polar surface area (TPSA) is 13.1 Å². The zero-order chi connectivity index (χ0) is 10.1. The average Bonchev–Trinajstić information content (AvgIpc) is 2.32. The first-order valence-electron chi connectivity index (χ1n) is 4.31. The molecule has 0 bridgehead atoms. The van der Waals surface area contributed by atoms with Crippen LogP contribution >= 0.6 is 27.5 Å². The molecule has 0 saturated heterocycles. The fraction of sp³-hybridized carbons (Fsp3) is 0.600. The van der Waals surface area contributed by atoms with Crippen LogP contribution in [-0.4, -0.2) is 5.38 Å². The van der Waals surface area contributed by atoms with Crippen LogP contribution in [0, 0.1) is 0 Å². The summed E-state index contributed by atoms with van der Waals surface area (Å²) >= 11 is 9.43. The van der Waals surface area contributed by atoms with Crippen LogP contribution in [0.2, 0.25) is 0 Å². The summed E-state index contributed by atoms with van der Waals surface area (Å²) in [6.45, 7) is 6.27. The van der Waals surface area contributed by atoms with Gasteiger partial charge >= 0.3 is 0 Å². The molecule has 0 amide bonds. The Morgan fingerprint density at radius 2 is 2.23 bits per heavy atom. The molecule has 0 saturated carbocycles. The van der Waals surface area contributed by atoms with E-state index >= 15 is 0 Å². The van der Waals surface area contributed by atoms with E-state index in [1.54, 1.807) is 6.26 Å². The maximum atomic E-state index is 5.97. The molecule has 3 heteroatoms. The first kappa shape index (κ1) is 11.1. The summed E-state index contributed by atoms with van der Waals surface area (Å²) in [5, 5.41) is 0.159. The van der Waals surface area contributed by atoms with E-state index in [4.69, 9.17) is 16.0 Å². The summed E-state index contributed by atoms with van der Waals surface area (Å²) in [7, 11) is 0. The van der Waals surface area contributed by atoms with Gasteiger partial charge in [0.05, 0.1) is 10.7 Å². The van der Waals surface area contributed by atoms with Gasteiger partial charge in [-0.1, -0.05) is 13.8 Å². The van der Waals surface area contributed by atoms with Crippen molar-refractivity contribution in [3.63, 3.8) is 0 Å². The van der Waals surface area contributed by atoms with Gasteiger partial charge in [-0.25, -0.2) is 0 Å². The minimum Gasteiger partial charge on any atom is -0.468 e. The third kappa shape index (κ3) is 2.75. The van der Waals surface area contributed by atoms with Gasteiger partial charge in [0.1, 0.15) is 5.76 Å². The van der Waals surface area contributed by atoms with Crippen LogP contribution in [0.3, 0.4) is 0 Å². The summed E-state index contributed by atoms with van der Waals surface area (Å²) in [6, 6.07) is 1.91. The maximum absolute atomic E-state index is 5.97. The number of furan rings is 1. The summed E-state index contributed by atoms with van der Waals surface area (Å²) < 4.78 is 6.45. The summed E-state index contributed by atoms with van der Waals surface area (Å²) in [5.74, 6) is 0.972. The first-order chi connectivity index (χ1) is 5.93. The molecule has 0 radical (unpaired) electrons. The number of rotatable bonds is 3. The number of alkyl halides is 1. The smallest absolute Gasteiger partial charge is 0.123 e. The number of halogens is 2. The molecule has 0 fully saturated rings. The van der Waals surface area contributed by atoms with Crippen molar-refractivity contribution in [3.8, 4) is 0 Å². The zero-order valence-electron chi connectivity index (χ0n) is 8.10. The number of hydrogen-bond acceptors (Lipinski definition) is 1. The van der Waals surface area contributed by atoms with E-state index in [9.17, 15) is 0 Å². The molecule has 0 aliphatic carbocycles. The molecule has 13 heavy (non-hydrogen) atoms. The Kier molecular flexibility index (Phi) is 3.47. The van der Waals surface area contributed by atoms with E-state index in [0.29, 0.717) is 0 Å². The highest BCUT2D eigenvalue weighted by Gasteiger charge is 2.27. The standard InChI is InChI=1S/C10H14BrClO/c1-7(12)6-10(2,3)9-8(11)4-5-13-9/h4-5,7H,6H2,1-3H3. The third-order valence-electron chi connectivity index (χ3n) is 2.02. The first-order valence-corrected chi connectivity index (χ1v) is 5.54. The second-order valence-corrected chi connectivity index (χ2v) is 5.57. The van der Waals surface area contributed by atoms with Crippen LogP contribution < -0.4 is 0 Å². The highest BCUT2D eigenvalue weighted by Crippen LogP contribution is 2.35. The maximum Gasteiger partial charge on any atom is 0.123 e. The highest BCUT2D eigenvalue weighted by atomic mass is 79.9. The lowest BCUT2D eigenvalue weighted by Gasteiger charge is -2.23. The van der Waals surface area contributed by atoms with Gasteiger partial charge in [-0.05, 0) is 35.3 Å². The van der Waals surface area contributed by atoms with Gasteiger partial charge in [0.15, 0.2) is 0 Å². The summed E-state index contributed by atoms with van der Waals surface area (Å²) in [6.07, 6.45) is 2.60. The fourth-order valence-corrected chi connectivity index (χ4v) is 2.70. The molecule has 1 aromatic rings. The molecule has 1 atom stereocenters. The van der Waals surface area contributed by atoms with Crippen molar-refractivity contribution >= 4 is 27.5 Å². The van der Waals surface area contributed by atoms with Crippen LogP contribution in [0.5, 0.6) is 0 Å². The van der Waals surface area contributed by atoms with Crippen molar-refractivity contribution in [2.24, 2.45) is 0 Å². The molecule has 0 N–H and O–H groups in total. The molecule has 1 unspecified atom stereocenters. The second kappa shape index (κ2) is 4.05. The van der Waals surface area contributed by atoms with Crippen molar-refractivity contribution in [2.75, 3.05) is 0 Å². The van der Waals surface area contributed by atoms with E-state index in [1.807, 2.05) is 13.0 Å². The van der Waals surface area contributed by atoms with Crippen LogP contribution in [0.4, 0.5) is 0 Å². The average molecular weight is 266 g/mol. The molecule has 74 valence electrons. The Morgan fingerprint density at radius 3 is 2.62 bits per heavy atom. The Balaban J connectivity index is 2.87. The van der Waals surface area contributed by atoms with Gasteiger partial charge in [0.25, 0.3) is 0 Å². The van der Waals surface area contributed by atoms with Gasteiger partial charge in [-0.3, -0.25) is 0 Å². The molecule has 1 aromatic heterocycles. The van der Waals surface area contributed by atoms with Gasteiger partial charge in [0, 0.05) is 10.8 Å². The van der Waals surface area contributed by atoms with Crippen LogP contribution in [0.15, 0.2) is 21.2 Å². The number of hydrogen-bond donors (Lipinski definition) is 0. The lowest BCUT2D eigenvalue weighted by Crippen LogP contribution is -2.20. The molecule has 1 nitrogen and oxygen atoms in total. The largest absolute Gasteiger partial charge is 0.468 e. The highest BCUT2D eigenvalue weighted by molar-refractivity contribution is 9.10. The van der Waals surface area contributed by atoms with Crippen molar-refractivity contribution < 1.29 is 4.42 Å². The fourth-order valence-electron chi connectivity index (χ4n) is 1.57. The van der Waals surface area contributed by atoms with E-state index in [0.717, 1.165) is 16.7 Å². The minimum atomic E-state index is -0.0104. The molecule has 0 aliphatic heterocycles. The predicted octanol–water partition coefficient (Wildman–Crippen LogP) is 4.34. The van der Waals surface area contributed by atoms with E-state index in [1.165, 1.54) is 0 Å². The summed E-state index contributed by atoms with van der Waals surface area (Å²) in [4.78, 5) is 0. The molecule has 0 aliphatic rings. The minimum absolute atomic E-state index is 0.0104. The van der Waals surface area contributed by atoms with Gasteiger partial charge < -0.3 is 4.42 Å². The second-order valence-electron chi connectivity index (χ2n) is 3.97. The van der Waals surface area contributed by atoms with Gasteiger partial charge in [0.2, 0.25) is 0 Å². The Bertz CT molecular complexity index is 278. The Hall–Kier alpha value is 0.0500. The zero-order valence-corrected chi connectivity index (χ0v) is 10.4. The molecular weight excluding hydrogens is 251 g/mol. The van der Waals surface area contributed by atoms with E-state index < -0.39 is 0 Å². The van der Waals surface area contributed by atoms with E-state index in [-0.39, 0.29) is 10.8 Å². The molecule has 0 aromatic carbocycles. The van der Waals surface area contributed by atoms with Crippen LogP contribution in [-0.2, 0) is 5.41 Å². The monoisotopic (exact) mass is 264 g/mol. The lowest BCUT2D eigenvalue weighted by atomic mass is 9.85. The van der Waals surface area contributed by atoms with Crippen LogP contribution in [0.25, 0.3) is 0 Å². The molecule has 1 rings (SSSR count). The van der Waals surface area contributed by atoms with E-state index in [2.05, 4.69) is 29.8 Å². The predicted molar refractivity (Wildman–Crippen MR) is 59.4 cm³/mol. The lowest BCUT2D eigenvalue weighted by molar-refractivity contribution is 0.361. The summed E-state index contributed by atoms with van der Waals surface area (Å²) in [5.41, 5.74) is -0.0104.